The SMILES string of the molecule is CCC1Cc2cc(O)c(C)cc2[C@@]2(CS[C@@H]3c4c(OC(C)=O)c(C)c5c(c4[C@@H](COC2=O)N2C3[C@H]3c4c(cc(C)c(OC)c4O)C[C@@H]([C@@H]2C#N)N3C)OCO5)N1. The quantitative estimate of drug-likeness (QED) is 0.239. The molecule has 1 spiro atoms. The third-order valence-electron chi connectivity index (χ3n) is 13.0. The Morgan fingerprint density at radius 3 is 2.54 bits per heavy atom. The fourth-order valence-electron chi connectivity index (χ4n) is 10.6. The number of aryl methyl sites for hydroxylation is 2. The zero-order chi connectivity index (χ0) is 39.5. The highest BCUT2D eigenvalue weighted by molar-refractivity contribution is 7.99. The molecule has 3 aromatic rings. The average molecular weight is 783 g/mol. The van der Waals surface area contributed by atoms with E-state index >= 15 is 0 Å². The van der Waals surface area contributed by atoms with E-state index in [1.165, 1.54) is 18.7 Å². The highest BCUT2D eigenvalue weighted by Crippen LogP contribution is 2.64. The number of benzene rings is 3. The number of thioether (sulfide) groups is 1. The Labute approximate surface area is 329 Å². The first-order valence-corrected chi connectivity index (χ1v) is 20.2. The normalized spacial score (nSPS) is 30.0. The lowest BCUT2D eigenvalue weighted by molar-refractivity contribution is -0.157. The minimum atomic E-state index is -1.31. The second-order valence-electron chi connectivity index (χ2n) is 16.0. The number of piperazine rings is 1. The van der Waals surface area contributed by atoms with E-state index in [1.54, 1.807) is 13.2 Å². The molecule has 0 aromatic heterocycles. The summed E-state index contributed by atoms with van der Waals surface area (Å²) in [5.41, 5.74) is 5.41. The van der Waals surface area contributed by atoms with Gasteiger partial charge in [0.05, 0.1) is 30.5 Å². The van der Waals surface area contributed by atoms with Gasteiger partial charge >= 0.3 is 11.9 Å². The number of nitrogens with zero attached hydrogens (tertiary/aromatic N) is 3. The molecule has 2 unspecified atom stereocenters. The number of phenols is 2. The Morgan fingerprint density at radius 2 is 1.82 bits per heavy atom. The van der Waals surface area contributed by atoms with Gasteiger partial charge in [-0.1, -0.05) is 13.0 Å². The van der Waals surface area contributed by atoms with E-state index in [4.69, 9.17) is 23.7 Å². The molecule has 0 radical (unpaired) electrons. The number of hydrogen-bond donors (Lipinski definition) is 3. The van der Waals surface area contributed by atoms with Gasteiger partial charge in [0, 0.05) is 53.1 Å². The first-order chi connectivity index (χ1) is 26.8. The number of rotatable bonds is 3. The van der Waals surface area contributed by atoms with Crippen LogP contribution in [0.5, 0.6) is 34.5 Å². The molecule has 14 heteroatoms. The Hall–Kier alpha value is -4.68. The maximum atomic E-state index is 15.0. The van der Waals surface area contributed by atoms with Gasteiger partial charge in [0.1, 0.15) is 24.1 Å². The molecule has 10 rings (SSSR count). The molecule has 4 bridgehead atoms. The molecule has 7 heterocycles. The second kappa shape index (κ2) is 13.2. The summed E-state index contributed by atoms with van der Waals surface area (Å²) in [4.78, 5) is 32.3. The predicted molar refractivity (Wildman–Crippen MR) is 205 cm³/mol. The molecule has 0 saturated carbocycles. The number of likely N-dealkylation sites (N-methyl/N-ethyl adjacent to an activating group) is 1. The van der Waals surface area contributed by atoms with Crippen LogP contribution in [-0.4, -0.2) is 89.4 Å². The van der Waals surface area contributed by atoms with Gasteiger partial charge < -0.3 is 33.9 Å². The van der Waals surface area contributed by atoms with Crippen LogP contribution >= 0.6 is 11.8 Å². The number of nitrogens with one attached hydrogen (secondary N) is 1. The molecular formula is C42H46N4O9S. The minimum absolute atomic E-state index is 0.0512. The summed E-state index contributed by atoms with van der Waals surface area (Å²) in [5, 5.41) is 37.3. The molecule has 13 nitrogen and oxygen atoms in total. The number of fused-ring (bicyclic) bond motifs is 9. The number of phenolic OH excluding ortho intramolecular Hbond substituents is 2. The lowest BCUT2D eigenvalue weighted by Crippen LogP contribution is -2.69. The van der Waals surface area contributed by atoms with Gasteiger partial charge in [-0.3, -0.25) is 19.9 Å². The largest absolute Gasteiger partial charge is 0.508 e. The molecule has 3 aromatic carbocycles. The molecular weight excluding hydrogens is 737 g/mol. The lowest BCUT2D eigenvalue weighted by atomic mass is 9.71. The number of ether oxygens (including phenoxy) is 5. The number of methoxy groups -OCH3 is 1. The van der Waals surface area contributed by atoms with Crippen LogP contribution < -0.4 is 24.3 Å². The van der Waals surface area contributed by atoms with Crippen molar-refractivity contribution in [1.82, 2.24) is 15.1 Å². The number of aromatic hydroxyl groups is 2. The van der Waals surface area contributed by atoms with Gasteiger partial charge in [-0.2, -0.15) is 5.26 Å². The predicted octanol–water partition coefficient (Wildman–Crippen LogP) is 5.07. The van der Waals surface area contributed by atoms with Crippen LogP contribution in [0, 0.1) is 32.1 Å². The van der Waals surface area contributed by atoms with Crippen LogP contribution in [0.3, 0.4) is 0 Å². The summed E-state index contributed by atoms with van der Waals surface area (Å²) in [5.74, 6) is 1.13. The Morgan fingerprint density at radius 1 is 1.05 bits per heavy atom. The summed E-state index contributed by atoms with van der Waals surface area (Å²) in [7, 11) is 3.55. The number of esters is 2. The van der Waals surface area contributed by atoms with E-state index < -0.39 is 46.9 Å². The van der Waals surface area contributed by atoms with Gasteiger partial charge in [0.25, 0.3) is 0 Å². The average Bonchev–Trinajstić information content (AvgIpc) is 3.66. The molecule has 2 fully saturated rings. The third-order valence-corrected chi connectivity index (χ3v) is 14.5. The van der Waals surface area contributed by atoms with E-state index in [0.29, 0.717) is 58.1 Å². The lowest BCUT2D eigenvalue weighted by Gasteiger charge is -2.62. The number of carbonyl (C=O) groups excluding carboxylic acids is 2. The highest BCUT2D eigenvalue weighted by atomic mass is 32.2. The van der Waals surface area contributed by atoms with Crippen LogP contribution in [0.25, 0.3) is 0 Å². The van der Waals surface area contributed by atoms with Gasteiger partial charge in [0.2, 0.25) is 6.79 Å². The van der Waals surface area contributed by atoms with Crippen molar-refractivity contribution < 1.29 is 43.5 Å². The first kappa shape index (κ1) is 36.9. The molecule has 2 saturated heterocycles. The topological polar surface area (TPSA) is 163 Å². The van der Waals surface area contributed by atoms with Gasteiger partial charge in [-0.15, -0.1) is 11.8 Å². The highest BCUT2D eigenvalue weighted by Gasteiger charge is 2.62. The van der Waals surface area contributed by atoms with Crippen LogP contribution in [0.4, 0.5) is 0 Å². The van der Waals surface area contributed by atoms with Crippen molar-refractivity contribution in [3.8, 4) is 40.6 Å². The van der Waals surface area contributed by atoms with Crippen molar-refractivity contribution in [2.75, 3.05) is 33.3 Å². The van der Waals surface area contributed by atoms with Crippen molar-refractivity contribution in [3.05, 3.63) is 68.3 Å². The Kier molecular flexibility index (Phi) is 8.70. The zero-order valence-electron chi connectivity index (χ0n) is 32.5. The van der Waals surface area contributed by atoms with Crippen LogP contribution in [0.2, 0.25) is 0 Å². The van der Waals surface area contributed by atoms with Crippen molar-refractivity contribution in [1.29, 1.82) is 5.26 Å². The van der Waals surface area contributed by atoms with Crippen molar-refractivity contribution in [3.63, 3.8) is 0 Å². The van der Waals surface area contributed by atoms with Crippen molar-refractivity contribution >= 4 is 23.7 Å². The fraction of sp³-hybridized carbons (Fsp3) is 0.500. The molecule has 8 atom stereocenters. The molecule has 56 heavy (non-hydrogen) atoms. The molecule has 294 valence electrons. The van der Waals surface area contributed by atoms with Crippen LogP contribution in [0.15, 0.2) is 18.2 Å². The summed E-state index contributed by atoms with van der Waals surface area (Å²) in [6, 6.07) is 5.61. The van der Waals surface area contributed by atoms with E-state index in [2.05, 4.69) is 34.2 Å². The molecule has 7 aliphatic rings. The van der Waals surface area contributed by atoms with Crippen LogP contribution in [0.1, 0.15) is 87.7 Å². The van der Waals surface area contributed by atoms with Gasteiger partial charge in [-0.25, -0.2) is 4.79 Å². The molecule has 0 amide bonds. The molecule has 3 N–H and O–H groups in total. The number of carbonyl (C=O) groups is 2. The monoisotopic (exact) mass is 782 g/mol. The summed E-state index contributed by atoms with van der Waals surface area (Å²) < 4.78 is 30.8. The Balaban J connectivity index is 1.34. The van der Waals surface area contributed by atoms with E-state index in [-0.39, 0.29) is 42.7 Å². The van der Waals surface area contributed by atoms with Crippen molar-refractivity contribution in [2.45, 2.75) is 101 Å². The minimum Gasteiger partial charge on any atom is -0.508 e. The number of hydrogen-bond acceptors (Lipinski definition) is 14. The van der Waals surface area contributed by atoms with Gasteiger partial charge in [0.15, 0.2) is 28.5 Å². The summed E-state index contributed by atoms with van der Waals surface area (Å²) in [6.07, 6.45) is 1.85. The third kappa shape index (κ3) is 5.03. The van der Waals surface area contributed by atoms with Crippen LogP contribution in [-0.2, 0) is 32.7 Å². The zero-order valence-corrected chi connectivity index (χ0v) is 33.3. The maximum absolute atomic E-state index is 15.0. The summed E-state index contributed by atoms with van der Waals surface area (Å²) >= 11 is 1.53. The second-order valence-corrected chi connectivity index (χ2v) is 17.1. The summed E-state index contributed by atoms with van der Waals surface area (Å²) in [6.45, 7) is 8.80. The van der Waals surface area contributed by atoms with Crippen molar-refractivity contribution in [2.24, 2.45) is 0 Å². The molecule has 7 aliphatic heterocycles. The standard InChI is InChI=1S/C42H46N4O9S/c1-8-24-11-22-13-29(48)18(2)10-25(22)42(44-24)16-56-40-32-31(39-38(53-17-54-39)20(4)37(32)55-21(5)47)28(15-52-41(42)50)46-27(14-43)26-12-23-9-19(3)36(51-7)35(49)30(23)33(34(40)46)45(26)6/h9-10,13,24,26-28,33-34,40,44,48-49H,8,11-12,15-17H2,1-7H3/t24?,26-,27-,28+,33+,34?,40+,42+/m0/s1. The van der Waals surface area contributed by atoms with E-state index in [0.717, 1.165) is 34.2 Å². The smallest absolute Gasteiger partial charge is 0.331 e. The Bertz CT molecular complexity index is 2260. The molecule has 0 aliphatic carbocycles. The number of nitriles is 1. The maximum Gasteiger partial charge on any atom is 0.331 e. The van der Waals surface area contributed by atoms with Gasteiger partial charge in [-0.05, 0) is 87.0 Å². The fourth-order valence-corrected chi connectivity index (χ4v) is 12.2. The van der Waals surface area contributed by atoms with E-state index in [9.17, 15) is 25.1 Å². The van der Waals surface area contributed by atoms with E-state index in [1.807, 2.05) is 33.9 Å². The first-order valence-electron chi connectivity index (χ1n) is 19.2.